The van der Waals surface area contributed by atoms with Crippen molar-refractivity contribution >= 4 is 10.0 Å². The summed E-state index contributed by atoms with van der Waals surface area (Å²) in [4.78, 5) is 2.28. The maximum atomic E-state index is 12.8. The van der Waals surface area contributed by atoms with Crippen molar-refractivity contribution in [3.8, 4) is 0 Å². The van der Waals surface area contributed by atoms with E-state index in [0.717, 1.165) is 12.8 Å². The number of nitrogens with zero attached hydrogens (tertiary/aromatic N) is 2. The molecule has 2 rings (SSSR count). The molecule has 0 radical (unpaired) electrons. The molecule has 0 aromatic carbocycles. The lowest BCUT2D eigenvalue weighted by molar-refractivity contribution is 0.196. The second-order valence-corrected chi connectivity index (χ2v) is 7.65. The third-order valence-corrected chi connectivity index (χ3v) is 6.33. The minimum Gasteiger partial charge on any atom is -0.465 e. The lowest BCUT2D eigenvalue weighted by Crippen LogP contribution is -2.44. The van der Waals surface area contributed by atoms with E-state index in [9.17, 15) is 13.5 Å². The normalized spacial score (nSPS) is 18.6. The number of aliphatic hydroxyl groups excluding tert-OH is 1. The highest BCUT2D eigenvalue weighted by atomic mass is 32.2. The quantitative estimate of drug-likeness (QED) is 0.900. The number of aryl methyl sites for hydroxylation is 2. The third-order valence-electron chi connectivity index (χ3n) is 4.23. The summed E-state index contributed by atoms with van der Waals surface area (Å²) in [5.74, 6) is 0.822. The predicted molar refractivity (Wildman–Crippen MR) is 79.6 cm³/mol. The molecule has 1 saturated heterocycles. The van der Waals surface area contributed by atoms with Gasteiger partial charge in [-0.1, -0.05) is 0 Å². The fraction of sp³-hybridized carbons (Fsp3) is 0.714. The highest BCUT2D eigenvalue weighted by molar-refractivity contribution is 7.89. The van der Waals surface area contributed by atoms with E-state index in [4.69, 9.17) is 4.42 Å². The van der Waals surface area contributed by atoms with Crippen molar-refractivity contribution in [1.29, 1.82) is 0 Å². The van der Waals surface area contributed by atoms with Gasteiger partial charge < -0.3 is 14.4 Å². The minimum atomic E-state index is -3.60. The van der Waals surface area contributed by atoms with Gasteiger partial charge in [-0.2, -0.15) is 4.31 Å². The SMILES string of the molecule is Cc1oc(C)c(S(=O)(=O)N2CCC(N(C)C)CC2)c1CO. The van der Waals surface area contributed by atoms with Gasteiger partial charge >= 0.3 is 0 Å². The van der Waals surface area contributed by atoms with Crippen LogP contribution in [-0.2, 0) is 16.6 Å². The summed E-state index contributed by atoms with van der Waals surface area (Å²) < 4.78 is 32.5. The first-order valence-corrected chi connectivity index (χ1v) is 8.59. The first-order valence-electron chi connectivity index (χ1n) is 7.15. The van der Waals surface area contributed by atoms with Gasteiger partial charge in [-0.15, -0.1) is 0 Å². The van der Waals surface area contributed by atoms with Crippen LogP contribution in [0.25, 0.3) is 0 Å². The van der Waals surface area contributed by atoms with E-state index in [1.807, 2.05) is 14.1 Å². The molecule has 21 heavy (non-hydrogen) atoms. The van der Waals surface area contributed by atoms with Crippen molar-refractivity contribution < 1.29 is 17.9 Å². The van der Waals surface area contributed by atoms with Crippen molar-refractivity contribution in [1.82, 2.24) is 9.21 Å². The Bertz CT molecular complexity index is 599. The molecular weight excluding hydrogens is 292 g/mol. The molecule has 6 nitrogen and oxygen atoms in total. The molecule has 1 N–H and O–H groups in total. The van der Waals surface area contributed by atoms with Gasteiger partial charge in [-0.25, -0.2) is 8.42 Å². The number of rotatable bonds is 4. The van der Waals surface area contributed by atoms with Crippen LogP contribution >= 0.6 is 0 Å². The molecule has 0 amide bonds. The van der Waals surface area contributed by atoms with Crippen LogP contribution in [-0.4, -0.2) is 56.0 Å². The Morgan fingerprint density at radius 2 is 1.81 bits per heavy atom. The van der Waals surface area contributed by atoms with E-state index in [0.29, 0.717) is 36.2 Å². The average Bonchev–Trinajstić information content (AvgIpc) is 2.73. The van der Waals surface area contributed by atoms with Crippen molar-refractivity contribution in [2.45, 2.75) is 44.2 Å². The zero-order valence-corrected chi connectivity index (χ0v) is 13.9. The van der Waals surface area contributed by atoms with Crippen LogP contribution in [0, 0.1) is 13.8 Å². The van der Waals surface area contributed by atoms with Crippen LogP contribution in [0.5, 0.6) is 0 Å². The first-order chi connectivity index (χ1) is 9.78. The summed E-state index contributed by atoms with van der Waals surface area (Å²) in [5.41, 5.74) is 0.377. The van der Waals surface area contributed by atoms with E-state index in [1.54, 1.807) is 13.8 Å². The van der Waals surface area contributed by atoms with Crippen LogP contribution in [0.15, 0.2) is 9.31 Å². The fourth-order valence-corrected chi connectivity index (χ4v) is 4.83. The fourth-order valence-electron chi connectivity index (χ4n) is 2.96. The van der Waals surface area contributed by atoms with Gasteiger partial charge in [0.25, 0.3) is 0 Å². The second kappa shape index (κ2) is 6.08. The summed E-state index contributed by atoms with van der Waals surface area (Å²) in [5, 5.41) is 9.44. The molecule has 0 atom stereocenters. The van der Waals surface area contributed by atoms with E-state index >= 15 is 0 Å². The molecule has 0 spiro atoms. The van der Waals surface area contributed by atoms with Gasteiger partial charge in [0.1, 0.15) is 16.4 Å². The maximum Gasteiger partial charge on any atom is 0.246 e. The zero-order valence-electron chi connectivity index (χ0n) is 13.1. The minimum absolute atomic E-state index is 0.144. The Balaban J connectivity index is 2.28. The van der Waals surface area contributed by atoms with Crippen LogP contribution in [0.1, 0.15) is 29.9 Å². The Morgan fingerprint density at radius 3 is 2.29 bits per heavy atom. The van der Waals surface area contributed by atoms with Crippen molar-refractivity contribution in [3.63, 3.8) is 0 Å². The topological polar surface area (TPSA) is 74.0 Å². The summed E-state index contributed by atoms with van der Waals surface area (Å²) in [6, 6.07) is 0.418. The molecule has 0 unspecified atom stereocenters. The molecule has 1 aliphatic rings. The molecule has 120 valence electrons. The Morgan fingerprint density at radius 1 is 1.24 bits per heavy atom. The predicted octanol–water partition coefficient (Wildman–Crippen LogP) is 1.10. The number of furan rings is 1. The number of sulfonamides is 1. The zero-order chi connectivity index (χ0) is 15.8. The third kappa shape index (κ3) is 3.01. The lowest BCUT2D eigenvalue weighted by atomic mass is 10.1. The number of hydrogen-bond acceptors (Lipinski definition) is 5. The standard InChI is InChI=1S/C14H24N2O4S/c1-10-13(9-17)14(11(2)20-10)21(18,19)16-7-5-12(6-8-16)15(3)4/h12,17H,5-9H2,1-4H3. The molecule has 0 bridgehead atoms. The van der Waals surface area contributed by atoms with E-state index < -0.39 is 10.0 Å². The molecular formula is C14H24N2O4S. The van der Waals surface area contributed by atoms with Crippen molar-refractivity contribution in [2.24, 2.45) is 0 Å². The van der Waals surface area contributed by atoms with Crippen molar-refractivity contribution in [2.75, 3.05) is 27.2 Å². The number of piperidine rings is 1. The summed E-state index contributed by atoms with van der Waals surface area (Å²) in [6.07, 6.45) is 1.63. The van der Waals surface area contributed by atoms with E-state index in [1.165, 1.54) is 4.31 Å². The van der Waals surface area contributed by atoms with Crippen LogP contribution in [0.2, 0.25) is 0 Å². The number of hydrogen-bond donors (Lipinski definition) is 1. The van der Waals surface area contributed by atoms with Gasteiger partial charge in [-0.05, 0) is 40.8 Å². The maximum absolute atomic E-state index is 12.8. The Labute approximate surface area is 126 Å². The molecule has 1 fully saturated rings. The molecule has 0 aliphatic carbocycles. The smallest absolute Gasteiger partial charge is 0.246 e. The Hall–Kier alpha value is -0.890. The van der Waals surface area contributed by atoms with Crippen molar-refractivity contribution in [3.05, 3.63) is 17.1 Å². The number of aliphatic hydroxyl groups is 1. The summed E-state index contributed by atoms with van der Waals surface area (Å²) in [7, 11) is 0.430. The first kappa shape index (κ1) is 16.5. The summed E-state index contributed by atoms with van der Waals surface area (Å²) >= 11 is 0. The summed E-state index contributed by atoms with van der Waals surface area (Å²) in [6.45, 7) is 3.98. The van der Waals surface area contributed by atoms with Gasteiger partial charge in [-0.3, -0.25) is 0 Å². The van der Waals surface area contributed by atoms with Gasteiger partial charge in [0.05, 0.1) is 6.61 Å². The molecule has 1 aliphatic heterocycles. The highest BCUT2D eigenvalue weighted by Crippen LogP contribution is 2.31. The molecule has 0 saturated carbocycles. The van der Waals surface area contributed by atoms with E-state index in [-0.39, 0.29) is 11.5 Å². The Kier molecular flexibility index (Phi) is 4.77. The van der Waals surface area contributed by atoms with Gasteiger partial charge in [0.15, 0.2) is 0 Å². The van der Waals surface area contributed by atoms with E-state index in [2.05, 4.69) is 4.90 Å². The largest absolute Gasteiger partial charge is 0.465 e. The van der Waals surface area contributed by atoms with Gasteiger partial charge in [0.2, 0.25) is 10.0 Å². The second-order valence-electron chi connectivity index (χ2n) is 5.78. The van der Waals surface area contributed by atoms with Gasteiger partial charge in [0, 0.05) is 24.7 Å². The molecule has 1 aromatic heterocycles. The van der Waals surface area contributed by atoms with Crippen LogP contribution in [0.3, 0.4) is 0 Å². The monoisotopic (exact) mass is 316 g/mol. The highest BCUT2D eigenvalue weighted by Gasteiger charge is 2.34. The van der Waals surface area contributed by atoms with Crippen LogP contribution < -0.4 is 0 Å². The molecule has 2 heterocycles. The molecule has 1 aromatic rings. The van der Waals surface area contributed by atoms with Crippen LogP contribution in [0.4, 0.5) is 0 Å². The average molecular weight is 316 g/mol. The lowest BCUT2D eigenvalue weighted by Gasteiger charge is -2.34. The molecule has 7 heteroatoms.